The van der Waals surface area contributed by atoms with Crippen molar-refractivity contribution in [3.05, 3.63) is 118 Å². The molecule has 52 heavy (non-hydrogen) atoms. The van der Waals surface area contributed by atoms with Crippen LogP contribution in [0.1, 0.15) is 47.8 Å². The van der Waals surface area contributed by atoms with Crippen LogP contribution in [0.15, 0.2) is 97.0 Å². The quantitative estimate of drug-likeness (QED) is 0.128. The van der Waals surface area contributed by atoms with Crippen LogP contribution in [0.4, 0.5) is 4.39 Å². The Bertz CT molecular complexity index is 2110. The van der Waals surface area contributed by atoms with Crippen molar-refractivity contribution < 1.29 is 28.6 Å². The number of carbonyl (C=O) groups is 2. The number of halogens is 1. The summed E-state index contributed by atoms with van der Waals surface area (Å²) in [4.78, 5) is 49.4. The summed E-state index contributed by atoms with van der Waals surface area (Å²) in [6.07, 6.45) is 3.45. The van der Waals surface area contributed by atoms with Gasteiger partial charge in [0.25, 0.3) is 5.91 Å². The van der Waals surface area contributed by atoms with Crippen LogP contribution in [-0.2, 0) is 21.4 Å². The number of hydrogen-bond acceptors (Lipinski definition) is 8. The number of hydrogen-bond donors (Lipinski definition) is 2. The highest BCUT2D eigenvalue weighted by molar-refractivity contribution is 7.14. The van der Waals surface area contributed by atoms with Crippen LogP contribution < -0.4 is 10.1 Å². The van der Waals surface area contributed by atoms with Crippen molar-refractivity contribution in [3.8, 4) is 39.4 Å². The Balaban J connectivity index is 1.16. The minimum absolute atomic E-state index is 0.119. The molecule has 11 heteroatoms. The number of ether oxygens (including phenoxy) is 1. The second-order valence-electron chi connectivity index (χ2n) is 13.7. The third-order valence-electron chi connectivity index (χ3n) is 8.96. The maximum Gasteiger partial charge on any atom is 0.310 e. The number of carboxylic acids is 1. The lowest BCUT2D eigenvalue weighted by molar-refractivity contribution is -0.146. The molecule has 0 aliphatic carbocycles. The maximum atomic E-state index is 15.3. The molecular formula is C41H39FN4O5S. The van der Waals surface area contributed by atoms with E-state index in [0.717, 1.165) is 32.9 Å². The van der Waals surface area contributed by atoms with Gasteiger partial charge in [-0.3, -0.25) is 9.59 Å². The van der Waals surface area contributed by atoms with E-state index < -0.39 is 17.9 Å². The van der Waals surface area contributed by atoms with E-state index in [0.29, 0.717) is 28.4 Å². The molecule has 0 spiro atoms. The minimum Gasteiger partial charge on any atom is -0.494 e. The number of likely N-dealkylation sites (tertiary alicyclic amines) is 1. The van der Waals surface area contributed by atoms with Gasteiger partial charge in [-0.05, 0) is 65.8 Å². The van der Waals surface area contributed by atoms with E-state index >= 15 is 4.39 Å². The first-order valence-electron chi connectivity index (χ1n) is 17.0. The SMILES string of the molecule is CCOc1ccc(-c2ccc(-c3cnc(-c4ccc(CC(NC(=O)c5ccc(C(C)(C)C)s5)C(=C=O)N5CC(C(=O)O)C5)cc4)nc3)c(F)c2)cc1. The van der Waals surface area contributed by atoms with E-state index in [9.17, 15) is 19.5 Å². The van der Waals surface area contributed by atoms with Gasteiger partial charge >= 0.3 is 5.97 Å². The highest BCUT2D eigenvalue weighted by atomic mass is 32.1. The Morgan fingerprint density at radius 1 is 0.962 bits per heavy atom. The zero-order valence-electron chi connectivity index (χ0n) is 29.4. The van der Waals surface area contributed by atoms with Crippen molar-refractivity contribution >= 4 is 29.2 Å². The summed E-state index contributed by atoms with van der Waals surface area (Å²) in [5, 5.41) is 12.4. The maximum absolute atomic E-state index is 15.3. The van der Waals surface area contributed by atoms with Gasteiger partial charge in [0.15, 0.2) is 5.82 Å². The number of amides is 1. The molecule has 1 aliphatic heterocycles. The summed E-state index contributed by atoms with van der Waals surface area (Å²) in [6.45, 7) is 9.06. The Kier molecular flexibility index (Phi) is 10.6. The van der Waals surface area contributed by atoms with Crippen molar-refractivity contribution in [3.63, 3.8) is 0 Å². The topological polar surface area (TPSA) is 122 Å². The first-order chi connectivity index (χ1) is 24.9. The molecule has 1 amide bonds. The number of nitrogens with zero attached hydrogens (tertiary/aromatic N) is 3. The van der Waals surface area contributed by atoms with E-state index in [4.69, 9.17) is 4.74 Å². The van der Waals surface area contributed by atoms with Crippen molar-refractivity contribution in [2.24, 2.45) is 5.92 Å². The minimum atomic E-state index is -0.927. The Morgan fingerprint density at radius 2 is 1.62 bits per heavy atom. The molecule has 3 aromatic carbocycles. The fourth-order valence-electron chi connectivity index (χ4n) is 5.98. The van der Waals surface area contributed by atoms with Gasteiger partial charge < -0.3 is 20.1 Å². The summed E-state index contributed by atoms with van der Waals surface area (Å²) in [5.74, 6) is 0.979. The smallest absolute Gasteiger partial charge is 0.310 e. The molecule has 2 N–H and O–H groups in total. The van der Waals surface area contributed by atoms with Crippen LogP contribution >= 0.6 is 11.3 Å². The van der Waals surface area contributed by atoms with Gasteiger partial charge in [0.1, 0.15) is 23.2 Å². The number of carbonyl (C=O) groups excluding carboxylic acids is 2. The van der Waals surface area contributed by atoms with Crippen LogP contribution in [0.25, 0.3) is 33.6 Å². The van der Waals surface area contributed by atoms with E-state index in [-0.39, 0.29) is 42.3 Å². The molecule has 3 heterocycles. The Morgan fingerprint density at radius 3 is 2.19 bits per heavy atom. The monoisotopic (exact) mass is 718 g/mol. The summed E-state index contributed by atoms with van der Waals surface area (Å²) >= 11 is 1.40. The van der Waals surface area contributed by atoms with Gasteiger partial charge in [0.05, 0.1) is 23.4 Å². The molecule has 0 bridgehead atoms. The van der Waals surface area contributed by atoms with Crippen molar-refractivity contribution in [2.45, 2.75) is 45.6 Å². The Hall–Kier alpha value is -5.64. The second-order valence-corrected chi connectivity index (χ2v) is 14.8. The average Bonchev–Trinajstić information content (AvgIpc) is 3.62. The molecule has 1 aliphatic rings. The van der Waals surface area contributed by atoms with E-state index in [1.807, 2.05) is 73.5 Å². The van der Waals surface area contributed by atoms with Gasteiger partial charge in [0, 0.05) is 47.1 Å². The normalized spacial score (nSPS) is 13.5. The van der Waals surface area contributed by atoms with E-state index in [2.05, 4.69) is 36.1 Å². The molecule has 1 saturated heterocycles. The lowest BCUT2D eigenvalue weighted by Crippen LogP contribution is -2.54. The van der Waals surface area contributed by atoms with Gasteiger partial charge in [-0.1, -0.05) is 69.3 Å². The average molecular weight is 719 g/mol. The number of rotatable bonds is 12. The van der Waals surface area contributed by atoms with Crippen LogP contribution in [0.2, 0.25) is 0 Å². The van der Waals surface area contributed by atoms with Gasteiger partial charge in [0.2, 0.25) is 0 Å². The first kappa shape index (κ1) is 36.2. The zero-order valence-corrected chi connectivity index (χ0v) is 30.2. The van der Waals surface area contributed by atoms with Gasteiger partial charge in [-0.2, -0.15) is 0 Å². The molecule has 2 aromatic heterocycles. The number of carboxylic acid groups (broad SMARTS) is 1. The largest absolute Gasteiger partial charge is 0.494 e. The Labute approximate surface area is 305 Å². The predicted molar refractivity (Wildman–Crippen MR) is 199 cm³/mol. The molecule has 1 fully saturated rings. The fraction of sp³-hybridized carbons (Fsp3) is 0.268. The molecule has 1 atom stereocenters. The molecule has 9 nitrogen and oxygen atoms in total. The van der Waals surface area contributed by atoms with Crippen LogP contribution in [-0.4, -0.2) is 63.5 Å². The third kappa shape index (κ3) is 8.12. The molecule has 5 aromatic rings. The molecule has 0 saturated carbocycles. The number of aliphatic carboxylic acids is 1. The lowest BCUT2D eigenvalue weighted by Gasteiger charge is -2.41. The standard InChI is InChI=1S/C41H39FN4O5S/c1-5-51-31-13-10-26(11-14-31)28-12-15-32(33(42)19-28)29-20-43-38(44-21-29)27-8-6-25(7-9-27)18-34(35(24-47)46-22-30(23-46)40(49)50)45-39(48)36-16-17-37(52-36)41(2,3)4/h6-17,19-21,30,34H,5,18,22-23H2,1-4H3,(H,45,48)(H,49,50). The predicted octanol–water partition coefficient (Wildman–Crippen LogP) is 7.45. The molecular weight excluding hydrogens is 680 g/mol. The molecule has 0 radical (unpaired) electrons. The summed E-state index contributed by atoms with van der Waals surface area (Å²) in [7, 11) is 0. The van der Waals surface area contributed by atoms with Crippen LogP contribution in [0, 0.1) is 11.7 Å². The zero-order chi connectivity index (χ0) is 37.0. The number of nitrogens with one attached hydrogen (secondary N) is 1. The molecule has 266 valence electrons. The van der Waals surface area contributed by atoms with Crippen LogP contribution in [0.5, 0.6) is 5.75 Å². The van der Waals surface area contributed by atoms with Crippen molar-refractivity contribution in [1.82, 2.24) is 20.2 Å². The fourth-order valence-corrected chi connectivity index (χ4v) is 6.94. The summed E-state index contributed by atoms with van der Waals surface area (Å²) in [5.41, 5.74) is 4.19. The highest BCUT2D eigenvalue weighted by Crippen LogP contribution is 2.31. The molecule has 1 unspecified atom stereocenters. The lowest BCUT2D eigenvalue weighted by atomic mass is 9.95. The summed E-state index contributed by atoms with van der Waals surface area (Å²) in [6, 6.07) is 23.0. The molecule has 6 rings (SSSR count). The van der Waals surface area contributed by atoms with Crippen molar-refractivity contribution in [1.29, 1.82) is 0 Å². The highest BCUT2D eigenvalue weighted by Gasteiger charge is 2.37. The number of thiophene rings is 1. The summed E-state index contributed by atoms with van der Waals surface area (Å²) < 4.78 is 20.8. The third-order valence-corrected chi connectivity index (χ3v) is 10.5. The number of aromatic nitrogens is 2. The van der Waals surface area contributed by atoms with Crippen molar-refractivity contribution in [2.75, 3.05) is 19.7 Å². The van der Waals surface area contributed by atoms with E-state index in [1.165, 1.54) is 17.4 Å². The van der Waals surface area contributed by atoms with Gasteiger partial charge in [-0.25, -0.2) is 19.2 Å². The first-order valence-corrected chi connectivity index (χ1v) is 17.8. The van der Waals surface area contributed by atoms with Gasteiger partial charge in [-0.15, -0.1) is 11.3 Å². The van der Waals surface area contributed by atoms with E-state index in [1.54, 1.807) is 29.4 Å². The number of benzene rings is 3. The second kappa shape index (κ2) is 15.3. The van der Waals surface area contributed by atoms with Crippen LogP contribution in [0.3, 0.4) is 0 Å².